The first-order valence-electron chi connectivity index (χ1n) is 7.13. The highest BCUT2D eigenvalue weighted by atomic mass is 32.1. The summed E-state index contributed by atoms with van der Waals surface area (Å²) in [5, 5.41) is 4.36. The predicted octanol–water partition coefficient (Wildman–Crippen LogP) is 2.26. The maximum atomic E-state index is 12.6. The van der Waals surface area contributed by atoms with Crippen molar-refractivity contribution >= 4 is 17.2 Å². The molecule has 0 aromatic carbocycles. The molecule has 1 aliphatic rings. The molecule has 1 aromatic heterocycles. The first-order chi connectivity index (χ1) is 9.13. The third kappa shape index (κ3) is 3.34. The number of hydrogen-bond donors (Lipinski definition) is 1. The molecule has 0 saturated carbocycles. The standard InChI is InChI=1S/C14H23N3OS/c1-4-5-11-12(19-13(16-11)10(2)3)14(18)17-8-6-15-7-9-17/h10,15H,4-9H2,1-3H3. The van der Waals surface area contributed by atoms with E-state index in [1.165, 1.54) is 0 Å². The van der Waals surface area contributed by atoms with E-state index in [9.17, 15) is 4.79 Å². The molecule has 0 spiro atoms. The van der Waals surface area contributed by atoms with Crippen molar-refractivity contribution in [1.82, 2.24) is 15.2 Å². The Morgan fingerprint density at radius 2 is 2.11 bits per heavy atom. The summed E-state index contributed by atoms with van der Waals surface area (Å²) in [5.74, 6) is 0.569. The molecule has 1 amide bonds. The number of piperazine rings is 1. The minimum atomic E-state index is 0.175. The first kappa shape index (κ1) is 14.5. The number of amides is 1. The summed E-state index contributed by atoms with van der Waals surface area (Å²) in [4.78, 5) is 20.1. The highest BCUT2D eigenvalue weighted by molar-refractivity contribution is 7.13. The highest BCUT2D eigenvalue weighted by Gasteiger charge is 2.24. The van der Waals surface area contributed by atoms with Crippen molar-refractivity contribution in [3.8, 4) is 0 Å². The second kappa shape index (κ2) is 6.48. The second-order valence-electron chi connectivity index (χ2n) is 5.27. The Hall–Kier alpha value is -0.940. The van der Waals surface area contributed by atoms with Crippen LogP contribution in [0, 0.1) is 0 Å². The number of carbonyl (C=O) groups excluding carboxylic acids is 1. The van der Waals surface area contributed by atoms with E-state index in [4.69, 9.17) is 0 Å². The minimum Gasteiger partial charge on any atom is -0.335 e. The fourth-order valence-corrected chi connectivity index (χ4v) is 3.28. The van der Waals surface area contributed by atoms with E-state index in [2.05, 4.69) is 31.1 Å². The van der Waals surface area contributed by atoms with Crippen LogP contribution in [-0.2, 0) is 6.42 Å². The van der Waals surface area contributed by atoms with Crippen LogP contribution in [0.25, 0.3) is 0 Å². The summed E-state index contributed by atoms with van der Waals surface area (Å²) in [5.41, 5.74) is 1.000. The van der Waals surface area contributed by atoms with E-state index in [-0.39, 0.29) is 5.91 Å². The van der Waals surface area contributed by atoms with Crippen molar-refractivity contribution in [3.63, 3.8) is 0 Å². The van der Waals surface area contributed by atoms with E-state index in [1.807, 2.05) is 4.90 Å². The van der Waals surface area contributed by atoms with Gasteiger partial charge in [0, 0.05) is 32.1 Å². The molecule has 19 heavy (non-hydrogen) atoms. The zero-order valence-electron chi connectivity index (χ0n) is 12.0. The van der Waals surface area contributed by atoms with Gasteiger partial charge in [0.1, 0.15) is 4.88 Å². The predicted molar refractivity (Wildman–Crippen MR) is 79.0 cm³/mol. The van der Waals surface area contributed by atoms with E-state index in [1.54, 1.807) is 11.3 Å². The number of aryl methyl sites for hydroxylation is 1. The summed E-state index contributed by atoms with van der Waals surface area (Å²) in [7, 11) is 0. The van der Waals surface area contributed by atoms with Crippen molar-refractivity contribution in [3.05, 3.63) is 15.6 Å². The molecule has 1 saturated heterocycles. The number of hydrogen-bond acceptors (Lipinski definition) is 4. The summed E-state index contributed by atoms with van der Waals surface area (Å²) < 4.78 is 0. The normalized spacial score (nSPS) is 16.1. The zero-order valence-corrected chi connectivity index (χ0v) is 12.8. The Labute approximate surface area is 119 Å². The second-order valence-corrected chi connectivity index (χ2v) is 6.31. The molecule has 2 heterocycles. The van der Waals surface area contributed by atoms with Crippen LogP contribution in [0.2, 0.25) is 0 Å². The van der Waals surface area contributed by atoms with Crippen molar-refractivity contribution in [2.24, 2.45) is 0 Å². The van der Waals surface area contributed by atoms with Gasteiger partial charge in [-0.15, -0.1) is 11.3 Å². The maximum absolute atomic E-state index is 12.6. The van der Waals surface area contributed by atoms with Crippen molar-refractivity contribution < 1.29 is 4.79 Å². The number of aromatic nitrogens is 1. The Bertz CT molecular complexity index is 436. The van der Waals surface area contributed by atoms with Gasteiger partial charge in [0.2, 0.25) is 0 Å². The van der Waals surface area contributed by atoms with E-state index in [0.717, 1.165) is 54.6 Å². The Kier molecular flexibility index (Phi) is 4.93. The molecule has 0 atom stereocenters. The fourth-order valence-electron chi connectivity index (χ4n) is 2.20. The lowest BCUT2D eigenvalue weighted by Crippen LogP contribution is -2.46. The molecule has 0 bridgehead atoms. The van der Waals surface area contributed by atoms with E-state index < -0.39 is 0 Å². The molecular formula is C14H23N3OS. The lowest BCUT2D eigenvalue weighted by atomic mass is 10.2. The molecule has 2 rings (SSSR count). The molecule has 0 radical (unpaired) electrons. The van der Waals surface area contributed by atoms with Gasteiger partial charge in [0.25, 0.3) is 5.91 Å². The van der Waals surface area contributed by atoms with Gasteiger partial charge in [0.05, 0.1) is 10.7 Å². The van der Waals surface area contributed by atoms with Gasteiger partial charge in [-0.05, 0) is 6.42 Å². The van der Waals surface area contributed by atoms with Crippen LogP contribution in [-0.4, -0.2) is 42.0 Å². The van der Waals surface area contributed by atoms with Gasteiger partial charge in [-0.1, -0.05) is 27.2 Å². The topological polar surface area (TPSA) is 45.2 Å². The molecule has 1 fully saturated rings. The average molecular weight is 281 g/mol. The van der Waals surface area contributed by atoms with Gasteiger partial charge in [0.15, 0.2) is 0 Å². The maximum Gasteiger partial charge on any atom is 0.265 e. The molecule has 106 valence electrons. The Morgan fingerprint density at radius 3 is 2.68 bits per heavy atom. The molecule has 0 unspecified atom stereocenters. The van der Waals surface area contributed by atoms with Crippen molar-refractivity contribution in [1.29, 1.82) is 0 Å². The van der Waals surface area contributed by atoms with Crippen molar-refractivity contribution in [2.75, 3.05) is 26.2 Å². The molecule has 0 aliphatic carbocycles. The van der Waals surface area contributed by atoms with Crippen LogP contribution >= 0.6 is 11.3 Å². The molecule has 4 nitrogen and oxygen atoms in total. The van der Waals surface area contributed by atoms with Gasteiger partial charge in [-0.2, -0.15) is 0 Å². The minimum absolute atomic E-state index is 0.175. The van der Waals surface area contributed by atoms with Gasteiger partial charge < -0.3 is 10.2 Å². The van der Waals surface area contributed by atoms with Gasteiger partial charge in [-0.25, -0.2) is 4.98 Å². The van der Waals surface area contributed by atoms with Crippen LogP contribution in [0.1, 0.15) is 53.5 Å². The lowest BCUT2D eigenvalue weighted by molar-refractivity contribution is 0.0739. The smallest absolute Gasteiger partial charge is 0.265 e. The highest BCUT2D eigenvalue weighted by Crippen LogP contribution is 2.27. The monoisotopic (exact) mass is 281 g/mol. The zero-order chi connectivity index (χ0) is 13.8. The first-order valence-corrected chi connectivity index (χ1v) is 7.94. The summed E-state index contributed by atoms with van der Waals surface area (Å²) >= 11 is 1.59. The largest absolute Gasteiger partial charge is 0.335 e. The fraction of sp³-hybridized carbons (Fsp3) is 0.714. The lowest BCUT2D eigenvalue weighted by Gasteiger charge is -2.27. The molecule has 5 heteroatoms. The number of rotatable bonds is 4. The quantitative estimate of drug-likeness (QED) is 0.921. The van der Waals surface area contributed by atoms with Crippen LogP contribution in [0.3, 0.4) is 0 Å². The molecule has 1 aliphatic heterocycles. The van der Waals surface area contributed by atoms with Crippen LogP contribution in [0.5, 0.6) is 0 Å². The number of nitrogens with one attached hydrogen (secondary N) is 1. The Morgan fingerprint density at radius 1 is 1.42 bits per heavy atom. The number of carbonyl (C=O) groups is 1. The van der Waals surface area contributed by atoms with Crippen LogP contribution < -0.4 is 5.32 Å². The van der Waals surface area contributed by atoms with Crippen molar-refractivity contribution in [2.45, 2.75) is 39.5 Å². The third-order valence-corrected chi connectivity index (χ3v) is 4.68. The Balaban J connectivity index is 2.23. The number of nitrogens with zero attached hydrogens (tertiary/aromatic N) is 2. The van der Waals surface area contributed by atoms with Crippen LogP contribution in [0.15, 0.2) is 0 Å². The molecule has 1 aromatic rings. The third-order valence-electron chi connectivity index (χ3n) is 3.29. The van der Waals surface area contributed by atoms with Gasteiger partial charge in [-0.3, -0.25) is 4.79 Å². The van der Waals surface area contributed by atoms with E-state index >= 15 is 0 Å². The molecular weight excluding hydrogens is 258 g/mol. The van der Waals surface area contributed by atoms with E-state index in [0.29, 0.717) is 5.92 Å². The summed E-state index contributed by atoms with van der Waals surface area (Å²) in [6, 6.07) is 0. The average Bonchev–Trinajstić information content (AvgIpc) is 2.84. The van der Waals surface area contributed by atoms with Gasteiger partial charge >= 0.3 is 0 Å². The summed E-state index contributed by atoms with van der Waals surface area (Å²) in [6.07, 6.45) is 1.93. The summed E-state index contributed by atoms with van der Waals surface area (Å²) in [6.45, 7) is 9.79. The SMILES string of the molecule is CCCc1nc(C(C)C)sc1C(=O)N1CCNCC1. The molecule has 1 N–H and O–H groups in total. The van der Waals surface area contributed by atoms with Crippen LogP contribution in [0.4, 0.5) is 0 Å². The number of thiazole rings is 1.